The minimum absolute atomic E-state index is 0.532. The van der Waals surface area contributed by atoms with Gasteiger partial charge in [-0.3, -0.25) is 0 Å². The summed E-state index contributed by atoms with van der Waals surface area (Å²) in [6, 6.07) is 7.73. The average molecular weight is 212 g/mol. The van der Waals surface area contributed by atoms with E-state index in [1.807, 2.05) is 29.6 Å². The maximum Gasteiger partial charge on any atom is 0.165 e. The number of rotatable bonds is 1. The lowest BCUT2D eigenvalue weighted by atomic mass is 10.2. The normalized spacial score (nSPS) is 10.9. The van der Waals surface area contributed by atoms with Gasteiger partial charge in [-0.05, 0) is 12.1 Å². The van der Waals surface area contributed by atoms with Gasteiger partial charge in [0.15, 0.2) is 13.7 Å². The third kappa shape index (κ3) is 1.34. The van der Waals surface area contributed by atoms with E-state index in [0.29, 0.717) is 10.7 Å². The third-order valence-corrected chi connectivity index (χ3v) is 2.74. The summed E-state index contributed by atoms with van der Waals surface area (Å²) >= 11 is 1.39. The van der Waals surface area contributed by atoms with E-state index < -0.39 is 0 Å². The number of thiazole rings is 1. The van der Waals surface area contributed by atoms with Gasteiger partial charge in [0.25, 0.3) is 0 Å². The van der Waals surface area contributed by atoms with Crippen LogP contribution in [0.3, 0.4) is 0 Å². The number of hydrogen-bond donors (Lipinski definition) is 0. The second-order valence-corrected chi connectivity index (χ2v) is 3.92. The van der Waals surface area contributed by atoms with Crippen molar-refractivity contribution in [2.75, 3.05) is 0 Å². The van der Waals surface area contributed by atoms with Crippen LogP contribution in [0.4, 0.5) is 0 Å². The highest BCUT2D eigenvalue weighted by molar-refractivity contribution is 7.18. The predicted molar refractivity (Wildman–Crippen MR) is 59.9 cm³/mol. The molecule has 0 fully saturated rings. The van der Waals surface area contributed by atoms with Crippen molar-refractivity contribution < 1.29 is 0 Å². The van der Waals surface area contributed by atoms with Gasteiger partial charge in [-0.1, -0.05) is 17.3 Å². The smallest absolute Gasteiger partial charge is 0.165 e. The number of fused-ring (bicyclic) bond motifs is 1. The van der Waals surface area contributed by atoms with E-state index in [1.165, 1.54) is 11.3 Å². The van der Waals surface area contributed by atoms with Crippen LogP contribution in [0.2, 0.25) is 0 Å². The minimum atomic E-state index is 0.532. The van der Waals surface area contributed by atoms with Crippen molar-refractivity contribution >= 4 is 35.1 Å². The second-order valence-electron chi connectivity index (χ2n) is 3.03. The number of aromatic nitrogens is 4. The highest BCUT2D eigenvalue weighted by atomic mass is 32.1. The van der Waals surface area contributed by atoms with Gasteiger partial charge in [0.1, 0.15) is 5.52 Å². The topological polar surface area (TPSA) is 43.6 Å². The molecule has 3 aromatic rings. The molecule has 0 bridgehead atoms. The monoisotopic (exact) mass is 212 g/mol. The first-order valence-corrected chi connectivity index (χ1v) is 5.24. The number of benzene rings is 1. The van der Waals surface area contributed by atoms with Crippen molar-refractivity contribution in [2.24, 2.45) is 0 Å². The molecule has 0 aliphatic rings. The number of nitrogens with zero attached hydrogens (tertiary/aromatic N) is 4. The Labute approximate surface area is 91.0 Å². The summed E-state index contributed by atoms with van der Waals surface area (Å²) in [4.78, 5) is 4.69. The van der Waals surface area contributed by atoms with Crippen LogP contribution in [0.1, 0.15) is 0 Å². The molecule has 70 valence electrons. The van der Waals surface area contributed by atoms with Crippen molar-refractivity contribution in [3.05, 3.63) is 29.6 Å². The Bertz CT molecular complexity index is 615. The predicted octanol–water partition coefficient (Wildman–Crippen LogP) is 0.671. The van der Waals surface area contributed by atoms with Gasteiger partial charge >= 0.3 is 0 Å². The third-order valence-electron chi connectivity index (χ3n) is 2.08. The Morgan fingerprint density at radius 2 is 2.13 bits per heavy atom. The van der Waals surface area contributed by atoms with Crippen molar-refractivity contribution in [1.29, 1.82) is 0 Å². The lowest BCUT2D eigenvalue weighted by Crippen LogP contribution is -2.03. The van der Waals surface area contributed by atoms with E-state index in [1.54, 1.807) is 4.68 Å². The molecule has 0 aliphatic carbocycles. The first-order valence-electron chi connectivity index (χ1n) is 4.36. The maximum absolute atomic E-state index is 5.57. The zero-order valence-electron chi connectivity index (χ0n) is 7.66. The van der Waals surface area contributed by atoms with E-state index in [4.69, 9.17) is 7.85 Å². The van der Waals surface area contributed by atoms with Crippen LogP contribution in [0.5, 0.6) is 0 Å². The van der Waals surface area contributed by atoms with E-state index in [2.05, 4.69) is 15.3 Å². The highest BCUT2D eigenvalue weighted by Crippen LogP contribution is 2.14. The molecule has 2 aromatic heterocycles. The van der Waals surface area contributed by atoms with E-state index >= 15 is 0 Å². The Morgan fingerprint density at radius 3 is 2.93 bits per heavy atom. The molecule has 6 heteroatoms. The van der Waals surface area contributed by atoms with Crippen LogP contribution >= 0.6 is 11.3 Å². The summed E-state index contributed by atoms with van der Waals surface area (Å²) in [6.45, 7) is 0. The van der Waals surface area contributed by atoms with Gasteiger partial charge in [0, 0.05) is 10.3 Å². The van der Waals surface area contributed by atoms with Crippen LogP contribution in [-0.4, -0.2) is 27.8 Å². The fourth-order valence-electron chi connectivity index (χ4n) is 1.41. The zero-order valence-corrected chi connectivity index (χ0v) is 8.48. The number of para-hydroxylation sites is 1. The summed E-state index contributed by atoms with van der Waals surface area (Å²) in [6.07, 6.45) is 0. The maximum atomic E-state index is 5.57. The molecule has 0 saturated heterocycles. The Morgan fingerprint density at radius 1 is 1.27 bits per heavy atom. The lowest BCUT2D eigenvalue weighted by molar-refractivity contribution is 0.808. The minimum Gasteiger partial charge on any atom is -0.234 e. The molecule has 0 N–H and O–H groups in total. The van der Waals surface area contributed by atoms with E-state index in [0.717, 1.165) is 11.0 Å². The quantitative estimate of drug-likeness (QED) is 0.557. The zero-order chi connectivity index (χ0) is 10.3. The molecule has 0 aliphatic heterocycles. The largest absolute Gasteiger partial charge is 0.234 e. The molecule has 2 radical (unpaired) electrons. The standard InChI is InChI=1S/C9H5BN4S/c10-9-11-8(5-15-9)14-7-4-2-1-3-6(7)12-13-14/h1-5H. The molecular weight excluding hydrogens is 207 g/mol. The Kier molecular flexibility index (Phi) is 1.82. The molecule has 0 spiro atoms. The first-order chi connectivity index (χ1) is 7.34. The van der Waals surface area contributed by atoms with Crippen LogP contribution in [0.15, 0.2) is 29.6 Å². The molecule has 1 aromatic carbocycles. The van der Waals surface area contributed by atoms with Crippen molar-refractivity contribution in [3.8, 4) is 5.82 Å². The Hall–Kier alpha value is -1.69. The van der Waals surface area contributed by atoms with Crippen molar-refractivity contribution in [3.63, 3.8) is 0 Å². The van der Waals surface area contributed by atoms with E-state index in [-0.39, 0.29) is 0 Å². The Balaban J connectivity index is 2.27. The SMILES string of the molecule is [B]c1nc(-n2nnc3ccccc32)cs1. The lowest BCUT2D eigenvalue weighted by Gasteiger charge is -1.95. The molecule has 4 nitrogen and oxygen atoms in total. The number of hydrogen-bond acceptors (Lipinski definition) is 4. The van der Waals surface area contributed by atoms with Crippen LogP contribution < -0.4 is 4.91 Å². The molecule has 2 heterocycles. The van der Waals surface area contributed by atoms with Crippen molar-refractivity contribution in [2.45, 2.75) is 0 Å². The molecule has 0 saturated carbocycles. The first kappa shape index (κ1) is 8.61. The fourth-order valence-corrected chi connectivity index (χ4v) is 1.94. The van der Waals surface area contributed by atoms with Crippen LogP contribution in [0.25, 0.3) is 16.9 Å². The molecule has 15 heavy (non-hydrogen) atoms. The summed E-state index contributed by atoms with van der Waals surface area (Å²) in [7, 11) is 5.57. The highest BCUT2D eigenvalue weighted by Gasteiger charge is 2.07. The summed E-state index contributed by atoms with van der Waals surface area (Å²) in [5.41, 5.74) is 1.78. The molecule has 0 atom stereocenters. The summed E-state index contributed by atoms with van der Waals surface area (Å²) in [5.74, 6) is 0.714. The van der Waals surface area contributed by atoms with Crippen LogP contribution in [0, 0.1) is 0 Å². The second kappa shape index (κ2) is 3.17. The molecule has 3 rings (SSSR count). The molecule has 0 amide bonds. The molecular formula is C9H5BN4S. The summed E-state index contributed by atoms with van der Waals surface area (Å²) < 4.78 is 1.68. The van der Waals surface area contributed by atoms with Crippen molar-refractivity contribution in [1.82, 2.24) is 20.0 Å². The van der Waals surface area contributed by atoms with Gasteiger partial charge in [-0.15, -0.1) is 16.4 Å². The van der Waals surface area contributed by atoms with Gasteiger partial charge < -0.3 is 0 Å². The van der Waals surface area contributed by atoms with Gasteiger partial charge in [0.2, 0.25) is 0 Å². The van der Waals surface area contributed by atoms with Gasteiger partial charge in [-0.2, -0.15) is 4.68 Å². The fraction of sp³-hybridized carbons (Fsp3) is 0. The van der Waals surface area contributed by atoms with E-state index in [9.17, 15) is 0 Å². The summed E-state index contributed by atoms with van der Waals surface area (Å²) in [5, 5.41) is 9.93. The van der Waals surface area contributed by atoms with Gasteiger partial charge in [-0.25, -0.2) is 4.98 Å². The van der Waals surface area contributed by atoms with Crippen LogP contribution in [-0.2, 0) is 0 Å². The molecule has 0 unspecified atom stereocenters. The average Bonchev–Trinajstić information content (AvgIpc) is 2.83. The van der Waals surface area contributed by atoms with Gasteiger partial charge in [0.05, 0.1) is 5.52 Å².